The van der Waals surface area contributed by atoms with E-state index in [1.54, 1.807) is 30.1 Å². The number of carbonyl (C=O) groups is 2. The second-order valence-corrected chi connectivity index (χ2v) is 5.19. The molecule has 2 heterocycles. The maximum absolute atomic E-state index is 11.9. The Morgan fingerprint density at radius 1 is 1.32 bits per heavy atom. The second kappa shape index (κ2) is 7.61. The number of aromatic nitrogens is 2. The van der Waals surface area contributed by atoms with Crippen molar-refractivity contribution >= 4 is 23.4 Å². The zero-order valence-corrected chi connectivity index (χ0v) is 12.9. The number of hydrogen-bond acceptors (Lipinski definition) is 3. The molecule has 2 aromatic heterocycles. The monoisotopic (exact) mass is 320 g/mol. The minimum Gasteiger partial charge on any atom is -0.350 e. The second-order valence-electron chi connectivity index (χ2n) is 4.76. The molecule has 0 spiro atoms. The van der Waals surface area contributed by atoms with Gasteiger partial charge in [0, 0.05) is 32.4 Å². The average Bonchev–Trinajstić information content (AvgIpc) is 2.85. The lowest BCUT2D eigenvalue weighted by atomic mass is 10.3. The Kier molecular flexibility index (Phi) is 5.55. The Hall–Kier alpha value is -2.34. The van der Waals surface area contributed by atoms with Crippen LogP contribution in [0.5, 0.6) is 0 Å². The Labute approximate surface area is 133 Å². The number of hydrogen-bond donors (Lipinski definition) is 2. The molecule has 0 saturated carbocycles. The number of pyridine rings is 1. The fourth-order valence-corrected chi connectivity index (χ4v) is 2.16. The minimum atomic E-state index is -0.257. The molecule has 2 N–H and O–H groups in total. The molecule has 116 valence electrons. The maximum Gasteiger partial charge on any atom is 0.267 e. The Balaban J connectivity index is 1.71. The summed E-state index contributed by atoms with van der Waals surface area (Å²) in [7, 11) is 1.74. The number of halogens is 1. The Morgan fingerprint density at radius 3 is 2.77 bits per heavy atom. The zero-order chi connectivity index (χ0) is 15.9. The van der Waals surface area contributed by atoms with Crippen LogP contribution in [0.1, 0.15) is 22.6 Å². The van der Waals surface area contributed by atoms with Gasteiger partial charge in [-0.15, -0.1) is 0 Å². The van der Waals surface area contributed by atoms with E-state index in [4.69, 9.17) is 11.6 Å². The Bertz CT molecular complexity index is 655. The first-order chi connectivity index (χ1) is 10.6. The lowest BCUT2D eigenvalue weighted by molar-refractivity contribution is -0.121. The summed E-state index contributed by atoms with van der Waals surface area (Å²) >= 11 is 5.82. The molecule has 0 radical (unpaired) electrons. The van der Waals surface area contributed by atoms with E-state index in [-0.39, 0.29) is 24.8 Å². The van der Waals surface area contributed by atoms with Crippen molar-refractivity contribution in [2.24, 2.45) is 7.05 Å². The van der Waals surface area contributed by atoms with Crippen LogP contribution in [0.3, 0.4) is 0 Å². The van der Waals surface area contributed by atoms with Crippen LogP contribution in [0, 0.1) is 0 Å². The van der Waals surface area contributed by atoms with E-state index in [1.165, 1.54) is 0 Å². The van der Waals surface area contributed by atoms with Crippen LogP contribution in [0.4, 0.5) is 0 Å². The minimum absolute atomic E-state index is 0.143. The first kappa shape index (κ1) is 16.0. The number of nitrogens with one attached hydrogen (secondary N) is 2. The smallest absolute Gasteiger partial charge is 0.267 e. The van der Waals surface area contributed by atoms with E-state index in [9.17, 15) is 9.59 Å². The Morgan fingerprint density at radius 2 is 2.14 bits per heavy atom. The van der Waals surface area contributed by atoms with Crippen LogP contribution in [0.2, 0.25) is 5.02 Å². The van der Waals surface area contributed by atoms with Crippen molar-refractivity contribution in [2.75, 3.05) is 6.54 Å². The molecule has 2 amide bonds. The van der Waals surface area contributed by atoms with Gasteiger partial charge >= 0.3 is 0 Å². The van der Waals surface area contributed by atoms with Gasteiger partial charge in [0.1, 0.15) is 5.69 Å². The molecule has 0 aromatic carbocycles. The van der Waals surface area contributed by atoms with E-state index in [0.29, 0.717) is 17.3 Å². The van der Waals surface area contributed by atoms with Crippen molar-refractivity contribution in [1.82, 2.24) is 20.2 Å². The number of amides is 2. The van der Waals surface area contributed by atoms with Gasteiger partial charge in [-0.1, -0.05) is 17.7 Å². The van der Waals surface area contributed by atoms with E-state index in [1.807, 2.05) is 18.2 Å². The van der Waals surface area contributed by atoms with Crippen LogP contribution in [0.25, 0.3) is 0 Å². The first-order valence-corrected chi connectivity index (χ1v) is 7.20. The highest BCUT2D eigenvalue weighted by molar-refractivity contribution is 6.31. The van der Waals surface area contributed by atoms with E-state index < -0.39 is 0 Å². The van der Waals surface area contributed by atoms with Gasteiger partial charge in [0.2, 0.25) is 5.91 Å². The summed E-state index contributed by atoms with van der Waals surface area (Å²) in [6, 6.07) is 7.09. The molecule has 0 saturated heterocycles. The third kappa shape index (κ3) is 4.60. The van der Waals surface area contributed by atoms with Crippen LogP contribution in [0.15, 0.2) is 36.7 Å². The summed E-state index contributed by atoms with van der Waals surface area (Å²) in [4.78, 5) is 27.7. The van der Waals surface area contributed by atoms with Crippen LogP contribution in [-0.2, 0) is 18.4 Å². The summed E-state index contributed by atoms with van der Waals surface area (Å²) in [6.45, 7) is 0.636. The predicted octanol–water partition coefficient (Wildman–Crippen LogP) is 1.51. The lowest BCUT2D eigenvalue weighted by Gasteiger charge is -2.07. The van der Waals surface area contributed by atoms with Crippen LogP contribution >= 0.6 is 11.6 Å². The molecule has 22 heavy (non-hydrogen) atoms. The number of carbonyl (C=O) groups excluding carboxylic acids is 2. The first-order valence-electron chi connectivity index (χ1n) is 6.83. The quantitative estimate of drug-likeness (QED) is 0.847. The lowest BCUT2D eigenvalue weighted by Crippen LogP contribution is -2.31. The van der Waals surface area contributed by atoms with Crippen LogP contribution in [-0.4, -0.2) is 27.9 Å². The average molecular weight is 321 g/mol. The molecule has 0 atom stereocenters. The van der Waals surface area contributed by atoms with E-state index >= 15 is 0 Å². The molecule has 6 nitrogen and oxygen atoms in total. The highest BCUT2D eigenvalue weighted by atomic mass is 35.5. The molecule has 0 aliphatic heterocycles. The number of rotatable bonds is 6. The highest BCUT2D eigenvalue weighted by Gasteiger charge is 2.11. The van der Waals surface area contributed by atoms with E-state index in [2.05, 4.69) is 15.6 Å². The van der Waals surface area contributed by atoms with Gasteiger partial charge in [0.15, 0.2) is 0 Å². The third-order valence-electron chi connectivity index (χ3n) is 3.03. The van der Waals surface area contributed by atoms with Crippen LogP contribution < -0.4 is 10.6 Å². The molecule has 0 aliphatic rings. The molecule has 7 heteroatoms. The van der Waals surface area contributed by atoms with Crippen molar-refractivity contribution in [1.29, 1.82) is 0 Å². The van der Waals surface area contributed by atoms with Crippen molar-refractivity contribution in [3.05, 3.63) is 53.1 Å². The molecule has 0 aliphatic carbocycles. The largest absolute Gasteiger partial charge is 0.350 e. The van der Waals surface area contributed by atoms with Gasteiger partial charge in [0.05, 0.1) is 17.3 Å². The third-order valence-corrected chi connectivity index (χ3v) is 3.24. The normalized spacial score (nSPS) is 10.3. The number of nitrogens with zero attached hydrogens (tertiary/aromatic N) is 2. The van der Waals surface area contributed by atoms with Crippen molar-refractivity contribution in [3.63, 3.8) is 0 Å². The molecule has 2 rings (SSSR count). The summed E-state index contributed by atoms with van der Waals surface area (Å²) in [5.74, 6) is -0.400. The summed E-state index contributed by atoms with van der Waals surface area (Å²) < 4.78 is 1.64. The molecular formula is C15H17ClN4O2. The molecule has 0 unspecified atom stereocenters. The summed E-state index contributed by atoms with van der Waals surface area (Å²) in [5.41, 5.74) is 1.25. The summed E-state index contributed by atoms with van der Waals surface area (Å²) in [5, 5.41) is 5.94. The van der Waals surface area contributed by atoms with Crippen molar-refractivity contribution in [2.45, 2.75) is 13.0 Å². The van der Waals surface area contributed by atoms with Gasteiger partial charge in [0.25, 0.3) is 5.91 Å². The van der Waals surface area contributed by atoms with Crippen molar-refractivity contribution < 1.29 is 9.59 Å². The summed E-state index contributed by atoms with van der Waals surface area (Å²) in [6.07, 6.45) is 3.53. The molecule has 0 fully saturated rings. The van der Waals surface area contributed by atoms with Gasteiger partial charge in [-0.2, -0.15) is 0 Å². The van der Waals surface area contributed by atoms with Gasteiger partial charge in [-0.25, -0.2) is 0 Å². The van der Waals surface area contributed by atoms with Crippen molar-refractivity contribution in [3.8, 4) is 0 Å². The van der Waals surface area contributed by atoms with Gasteiger partial charge in [-0.05, 0) is 18.2 Å². The zero-order valence-electron chi connectivity index (χ0n) is 12.2. The van der Waals surface area contributed by atoms with Gasteiger partial charge < -0.3 is 15.2 Å². The number of aryl methyl sites for hydroxylation is 1. The maximum atomic E-state index is 11.9. The topological polar surface area (TPSA) is 76.0 Å². The highest BCUT2D eigenvalue weighted by Crippen LogP contribution is 2.12. The van der Waals surface area contributed by atoms with E-state index in [0.717, 1.165) is 5.69 Å². The molecule has 2 aromatic rings. The molecular weight excluding hydrogens is 304 g/mol. The standard InChI is InChI=1S/C15H17ClN4O2/c1-20-10-11(16)8-13(20)15(22)18-7-5-14(21)19-9-12-4-2-3-6-17-12/h2-4,6,8,10H,5,7,9H2,1H3,(H,18,22)(H,19,21). The molecule has 0 bridgehead atoms. The fourth-order valence-electron chi connectivity index (χ4n) is 1.91. The van der Waals surface area contributed by atoms with Gasteiger partial charge in [-0.3, -0.25) is 14.6 Å². The SMILES string of the molecule is Cn1cc(Cl)cc1C(=O)NCCC(=O)NCc1ccccn1. The predicted molar refractivity (Wildman–Crippen MR) is 83.5 cm³/mol. The fraction of sp³-hybridized carbons (Fsp3) is 0.267.